The lowest BCUT2D eigenvalue weighted by atomic mass is 10.1. The summed E-state index contributed by atoms with van der Waals surface area (Å²) in [4.78, 5) is 21.5. The number of carboxylic acids is 2. The molecule has 6 nitrogen and oxygen atoms in total. The van der Waals surface area contributed by atoms with Gasteiger partial charge in [-0.2, -0.15) is 13.2 Å². The number of halogens is 3. The summed E-state index contributed by atoms with van der Waals surface area (Å²) in [7, 11) is 0. The zero-order valence-electron chi connectivity index (χ0n) is 18.5. The Labute approximate surface area is 197 Å². The van der Waals surface area contributed by atoms with Crippen LogP contribution in [0.3, 0.4) is 0 Å². The first kappa shape index (κ1) is 31.0. The van der Waals surface area contributed by atoms with Crippen LogP contribution in [0, 0.1) is 0 Å². The summed E-state index contributed by atoms with van der Waals surface area (Å²) in [6, 6.07) is -1.06. The van der Waals surface area contributed by atoms with Gasteiger partial charge in [0, 0.05) is 23.8 Å². The van der Waals surface area contributed by atoms with E-state index in [1.54, 1.807) is 24.3 Å². The Morgan fingerprint density at radius 1 is 0.970 bits per heavy atom. The largest absolute Gasteiger partial charge is 0.481 e. The molecule has 0 aliphatic heterocycles. The summed E-state index contributed by atoms with van der Waals surface area (Å²) in [6.45, 7) is 0. The molecule has 0 bridgehead atoms. The number of allylic oxidation sites excluding steroid dienone is 7. The van der Waals surface area contributed by atoms with Crippen LogP contribution >= 0.6 is 11.8 Å². The molecule has 0 saturated heterocycles. The Bertz CT molecular complexity index is 677. The fraction of sp³-hybridized carbons (Fsp3) is 0.565. The van der Waals surface area contributed by atoms with Crippen molar-refractivity contribution in [3.8, 4) is 0 Å². The highest BCUT2D eigenvalue weighted by Gasteiger charge is 2.25. The van der Waals surface area contributed by atoms with Crippen LogP contribution in [-0.2, 0) is 9.59 Å². The maximum absolute atomic E-state index is 12.0. The molecule has 33 heavy (non-hydrogen) atoms. The summed E-state index contributed by atoms with van der Waals surface area (Å²) >= 11 is 1.20. The molecule has 0 unspecified atom stereocenters. The van der Waals surface area contributed by atoms with Crippen LogP contribution in [-0.4, -0.2) is 56.6 Å². The van der Waals surface area contributed by atoms with E-state index in [1.165, 1.54) is 11.8 Å². The Morgan fingerprint density at radius 2 is 1.67 bits per heavy atom. The number of unbranched alkanes of at least 4 members (excludes halogenated alkanes) is 2. The zero-order valence-corrected chi connectivity index (χ0v) is 19.3. The van der Waals surface area contributed by atoms with Crippen LogP contribution in [0.4, 0.5) is 13.2 Å². The van der Waals surface area contributed by atoms with E-state index >= 15 is 0 Å². The van der Waals surface area contributed by atoms with E-state index in [9.17, 15) is 27.9 Å². The number of nitrogens with two attached hydrogens (primary N) is 1. The molecule has 10 heteroatoms. The van der Waals surface area contributed by atoms with Crippen LogP contribution in [0.25, 0.3) is 0 Å². The number of thioether (sulfide) groups is 1. The fourth-order valence-corrected chi connectivity index (χ4v) is 3.68. The number of aliphatic hydroxyl groups excluding tert-OH is 1. The molecule has 0 radical (unpaired) electrons. The Hall–Kier alpha value is -2.04. The second-order valence-corrected chi connectivity index (χ2v) is 8.57. The van der Waals surface area contributed by atoms with E-state index in [2.05, 4.69) is 0 Å². The number of aliphatic hydroxyl groups is 1. The number of carbonyl (C=O) groups is 2. The third-order valence-corrected chi connectivity index (χ3v) is 5.75. The van der Waals surface area contributed by atoms with Gasteiger partial charge in [0.15, 0.2) is 0 Å². The molecule has 188 valence electrons. The molecule has 0 aliphatic rings. The molecular weight excluding hydrogens is 459 g/mol. The van der Waals surface area contributed by atoms with Crippen LogP contribution < -0.4 is 5.73 Å². The van der Waals surface area contributed by atoms with Crippen molar-refractivity contribution in [2.75, 3.05) is 5.75 Å². The number of hydrogen-bond acceptors (Lipinski definition) is 5. The van der Waals surface area contributed by atoms with Crippen molar-refractivity contribution >= 4 is 23.7 Å². The molecule has 0 aromatic carbocycles. The van der Waals surface area contributed by atoms with Gasteiger partial charge >= 0.3 is 18.1 Å². The summed E-state index contributed by atoms with van der Waals surface area (Å²) < 4.78 is 36.1. The third kappa shape index (κ3) is 20.3. The summed E-state index contributed by atoms with van der Waals surface area (Å²) in [5.41, 5.74) is 5.51. The van der Waals surface area contributed by atoms with Crippen molar-refractivity contribution in [3.63, 3.8) is 0 Å². The van der Waals surface area contributed by atoms with Crippen molar-refractivity contribution in [2.45, 2.75) is 74.9 Å². The van der Waals surface area contributed by atoms with E-state index in [0.717, 1.165) is 0 Å². The van der Waals surface area contributed by atoms with Crippen LogP contribution in [0.2, 0.25) is 0 Å². The predicted molar refractivity (Wildman–Crippen MR) is 125 cm³/mol. The number of aliphatic carboxylic acids is 2. The van der Waals surface area contributed by atoms with Gasteiger partial charge < -0.3 is 21.1 Å². The molecule has 0 aliphatic carbocycles. The van der Waals surface area contributed by atoms with Gasteiger partial charge in [-0.15, -0.1) is 11.8 Å². The second kappa shape index (κ2) is 18.4. The van der Waals surface area contributed by atoms with Crippen molar-refractivity contribution < 1.29 is 38.1 Å². The second-order valence-electron chi connectivity index (χ2n) is 7.36. The molecular formula is C23H34F3NO5S. The number of rotatable bonds is 18. The zero-order chi connectivity index (χ0) is 25.1. The maximum Gasteiger partial charge on any atom is 0.389 e. The molecule has 0 fully saturated rings. The first-order valence-electron chi connectivity index (χ1n) is 10.7. The van der Waals surface area contributed by atoms with Gasteiger partial charge in [-0.05, 0) is 38.5 Å². The first-order valence-corrected chi connectivity index (χ1v) is 11.8. The monoisotopic (exact) mass is 493 g/mol. The van der Waals surface area contributed by atoms with Gasteiger partial charge in [-0.1, -0.05) is 48.6 Å². The van der Waals surface area contributed by atoms with E-state index in [0.29, 0.717) is 25.7 Å². The molecule has 0 aromatic rings. The summed E-state index contributed by atoms with van der Waals surface area (Å²) in [6.07, 6.45) is 11.1. The lowest BCUT2D eigenvalue weighted by Crippen LogP contribution is -2.34. The molecule has 5 N–H and O–H groups in total. The molecule has 0 rings (SSSR count). The van der Waals surface area contributed by atoms with Crippen molar-refractivity contribution in [1.82, 2.24) is 0 Å². The lowest BCUT2D eigenvalue weighted by Gasteiger charge is -2.20. The summed E-state index contributed by atoms with van der Waals surface area (Å²) in [5.74, 6) is -1.97. The normalized spacial score (nSPS) is 15.7. The minimum Gasteiger partial charge on any atom is -0.481 e. The molecule has 3 atom stereocenters. The number of hydrogen-bond donors (Lipinski definition) is 4. The lowest BCUT2D eigenvalue weighted by molar-refractivity contribution is -0.138. The smallest absolute Gasteiger partial charge is 0.389 e. The van der Waals surface area contributed by atoms with Crippen LogP contribution in [0.1, 0.15) is 51.4 Å². The Morgan fingerprint density at radius 3 is 2.30 bits per heavy atom. The highest BCUT2D eigenvalue weighted by atomic mass is 32.2. The topological polar surface area (TPSA) is 121 Å². The average molecular weight is 494 g/mol. The standard InChI is InChI=1S/C23H34F3NO5S/c24-23(25,26)16-11-9-7-5-3-1-2-4-6-8-10-14-20(33-17-18(27)22(31)32)19(28)13-12-15-21(29)30/h2-6,8,10,14,18-20,28H,1,7,9,11-13,15-17,27H2,(H,29,30)(H,31,32)/b4-2+,5-3+,8-6+,14-10+/t18-,19-,20+/m0/s1. The molecule has 0 saturated carbocycles. The molecule has 0 spiro atoms. The predicted octanol–water partition coefficient (Wildman–Crippen LogP) is 4.85. The fourth-order valence-electron chi connectivity index (χ4n) is 2.55. The van der Waals surface area contributed by atoms with Gasteiger partial charge in [0.2, 0.25) is 0 Å². The minimum atomic E-state index is -4.09. The van der Waals surface area contributed by atoms with Gasteiger partial charge in [0.1, 0.15) is 6.04 Å². The van der Waals surface area contributed by atoms with Crippen molar-refractivity contribution in [2.24, 2.45) is 5.73 Å². The van der Waals surface area contributed by atoms with Crippen LogP contribution in [0.15, 0.2) is 48.6 Å². The first-order chi connectivity index (χ1) is 15.5. The Balaban J connectivity index is 4.43. The number of carboxylic acid groups (broad SMARTS) is 2. The van der Waals surface area contributed by atoms with E-state index in [4.69, 9.17) is 15.9 Å². The summed E-state index contributed by atoms with van der Waals surface area (Å²) in [5, 5.41) is 27.5. The third-order valence-electron chi connectivity index (χ3n) is 4.35. The van der Waals surface area contributed by atoms with E-state index in [-0.39, 0.29) is 25.0 Å². The molecule has 0 amide bonds. The van der Waals surface area contributed by atoms with Gasteiger partial charge in [-0.3, -0.25) is 9.59 Å². The maximum atomic E-state index is 12.0. The number of alkyl halides is 3. The highest BCUT2D eigenvalue weighted by molar-refractivity contribution is 8.00. The van der Waals surface area contributed by atoms with Gasteiger partial charge in [0.25, 0.3) is 0 Å². The van der Waals surface area contributed by atoms with E-state index in [1.807, 2.05) is 24.3 Å². The molecule has 0 aromatic heterocycles. The Kier molecular flexibility index (Phi) is 17.3. The quantitative estimate of drug-likeness (QED) is 0.122. The minimum absolute atomic E-state index is 0.0560. The van der Waals surface area contributed by atoms with Gasteiger partial charge in [0.05, 0.1) is 6.10 Å². The van der Waals surface area contributed by atoms with E-state index < -0.39 is 41.9 Å². The SMILES string of the molecule is N[C@@H](CS[C@H](/C=C/C=C/C=C/C/C=C/CCCCC(F)(F)F)[C@@H](O)CCCC(=O)O)C(=O)O. The average Bonchev–Trinajstić information content (AvgIpc) is 2.71. The van der Waals surface area contributed by atoms with Crippen molar-refractivity contribution in [1.29, 1.82) is 0 Å². The van der Waals surface area contributed by atoms with Crippen molar-refractivity contribution in [3.05, 3.63) is 48.6 Å². The highest BCUT2D eigenvalue weighted by Crippen LogP contribution is 2.23. The van der Waals surface area contributed by atoms with Crippen LogP contribution in [0.5, 0.6) is 0 Å². The van der Waals surface area contributed by atoms with Gasteiger partial charge in [-0.25, -0.2) is 0 Å². The molecule has 0 heterocycles.